The molecule has 0 heteroatoms. The van der Waals surface area contributed by atoms with Gasteiger partial charge in [-0.3, -0.25) is 0 Å². The Morgan fingerprint density at radius 3 is 0.333 bits per heavy atom. The summed E-state index contributed by atoms with van der Waals surface area (Å²) in [5.74, 6) is 0. The van der Waals surface area contributed by atoms with E-state index in [1.807, 2.05) is 0 Å². The summed E-state index contributed by atoms with van der Waals surface area (Å²) in [5.41, 5.74) is 0. The second kappa shape index (κ2) is 9.09. The predicted octanol–water partition coefficient (Wildman–Crippen LogP) is 4.93. The molecule has 0 atom stereocenters. The molecular formula is C12H26. The molecule has 0 radical (unpaired) electrons. The van der Waals surface area contributed by atoms with E-state index in [4.69, 9.17) is 0 Å². The summed E-state index contributed by atoms with van der Waals surface area (Å²) in [4.78, 5) is 0. The van der Waals surface area contributed by atoms with Gasteiger partial charge in [0.2, 0.25) is 0 Å². The van der Waals surface area contributed by atoms with Gasteiger partial charge in [-0.05, 0) is 0 Å². The van der Waals surface area contributed by atoms with Gasteiger partial charge in [-0.15, -0.1) is 0 Å². The molecule has 3 aliphatic carbocycles. The Bertz CT molecular complexity index is 47.4. The van der Waals surface area contributed by atoms with Gasteiger partial charge in [-0.2, -0.15) is 0 Å². The lowest BCUT2D eigenvalue weighted by molar-refractivity contribution is 0.504. The normalized spacial score (nSPS) is 22.0. The van der Waals surface area contributed by atoms with E-state index in [1.54, 1.807) is 0 Å². The number of hydrogen-bond acceptors (Lipinski definition) is 0. The first-order chi connectivity index (χ1) is 5.50. The van der Waals surface area contributed by atoms with Gasteiger partial charge in [-0.1, -0.05) is 78.1 Å². The monoisotopic (exact) mass is 170 g/mol. The zero-order valence-electron chi connectivity index (χ0n) is 7.78. The van der Waals surface area contributed by atoms with Crippen molar-refractivity contribution in [1.82, 2.24) is 0 Å². The lowest BCUT2D eigenvalue weighted by Crippen LogP contribution is -1.85. The lowest BCUT2D eigenvalue weighted by Gasteiger charge is -2.05. The molecule has 0 heterocycles. The summed E-state index contributed by atoms with van der Waals surface area (Å²) in [5, 5.41) is 0. The molecule has 3 fully saturated rings. The van der Waals surface area contributed by atoms with Crippen LogP contribution in [0.2, 0.25) is 0 Å². The second-order valence-corrected chi connectivity index (χ2v) is 3.89. The van der Waals surface area contributed by atoms with E-state index in [9.17, 15) is 0 Å². The van der Waals surface area contributed by atoms with E-state index < -0.39 is 0 Å². The zero-order chi connectivity index (χ0) is 7.78. The molecule has 3 saturated carbocycles. The maximum Gasteiger partial charge on any atom is -0.0533 e. The van der Waals surface area contributed by atoms with E-state index in [2.05, 4.69) is 0 Å². The van der Waals surface area contributed by atoms with Crippen LogP contribution in [0.3, 0.4) is 0 Å². The highest BCUT2D eigenvalue weighted by atomic mass is 14.0. The van der Waals surface area contributed by atoms with Gasteiger partial charge in [0.05, 0.1) is 0 Å². The van der Waals surface area contributed by atoms with E-state index in [0.717, 1.165) is 0 Å². The SMILES string of the molecule is C.C1CC1.C1CCC1.C1CCC1. The van der Waals surface area contributed by atoms with Crippen LogP contribution in [0.4, 0.5) is 0 Å². The van der Waals surface area contributed by atoms with Gasteiger partial charge in [0.25, 0.3) is 0 Å². The van der Waals surface area contributed by atoms with Crippen LogP contribution in [0.15, 0.2) is 0 Å². The Labute approximate surface area is 78.8 Å². The standard InChI is InChI=1S/2C4H8.C3H6.CH4/c2*1-2-4-3-1;1-2-3-1;/h2*1-4H2;1-3H2;1H4. The van der Waals surface area contributed by atoms with Gasteiger partial charge in [0.1, 0.15) is 0 Å². The third-order valence-corrected chi connectivity index (χ3v) is 2.35. The van der Waals surface area contributed by atoms with Crippen molar-refractivity contribution in [2.45, 2.75) is 78.1 Å². The molecule has 0 aromatic heterocycles. The molecule has 0 aromatic carbocycles. The molecule has 0 saturated heterocycles. The largest absolute Gasteiger partial charge is 0.0776 e. The van der Waals surface area contributed by atoms with Crippen LogP contribution >= 0.6 is 0 Å². The summed E-state index contributed by atoms with van der Waals surface area (Å²) in [6, 6.07) is 0. The molecule has 0 aromatic rings. The Hall–Kier alpha value is 0. The van der Waals surface area contributed by atoms with Crippen molar-refractivity contribution in [3.63, 3.8) is 0 Å². The highest BCUT2D eigenvalue weighted by Crippen LogP contribution is 2.15. The van der Waals surface area contributed by atoms with Crippen molar-refractivity contribution >= 4 is 0 Å². The highest BCUT2D eigenvalue weighted by Gasteiger charge is 1.95. The Kier molecular flexibility index (Phi) is 9.09. The van der Waals surface area contributed by atoms with Crippen LogP contribution in [0, 0.1) is 0 Å². The summed E-state index contributed by atoms with van der Waals surface area (Å²) in [6.45, 7) is 0. The Morgan fingerprint density at radius 2 is 0.333 bits per heavy atom. The van der Waals surface area contributed by atoms with Gasteiger partial charge in [0.15, 0.2) is 0 Å². The summed E-state index contributed by atoms with van der Waals surface area (Å²) in [7, 11) is 0. The molecule has 3 rings (SSSR count). The average molecular weight is 170 g/mol. The molecule has 0 unspecified atom stereocenters. The molecule has 0 bridgehead atoms. The summed E-state index contributed by atoms with van der Waals surface area (Å²) in [6.07, 6.45) is 16.5. The second-order valence-electron chi connectivity index (χ2n) is 3.89. The van der Waals surface area contributed by atoms with E-state index >= 15 is 0 Å². The molecule has 0 amide bonds. The van der Waals surface area contributed by atoms with Gasteiger partial charge >= 0.3 is 0 Å². The zero-order valence-corrected chi connectivity index (χ0v) is 7.78. The molecule has 0 aliphatic heterocycles. The van der Waals surface area contributed by atoms with E-state index in [-0.39, 0.29) is 7.43 Å². The van der Waals surface area contributed by atoms with Crippen molar-refractivity contribution in [2.75, 3.05) is 0 Å². The molecule has 0 nitrogen and oxygen atoms in total. The van der Waals surface area contributed by atoms with Crippen molar-refractivity contribution in [1.29, 1.82) is 0 Å². The van der Waals surface area contributed by atoms with Crippen LogP contribution < -0.4 is 0 Å². The highest BCUT2D eigenvalue weighted by molar-refractivity contribution is 4.51. The fourth-order valence-electron chi connectivity index (χ4n) is 0.500. The minimum atomic E-state index is 0. The summed E-state index contributed by atoms with van der Waals surface area (Å²) < 4.78 is 0. The van der Waals surface area contributed by atoms with Gasteiger partial charge in [0, 0.05) is 0 Å². The quantitative estimate of drug-likeness (QED) is 0.483. The molecular weight excluding hydrogens is 144 g/mol. The van der Waals surface area contributed by atoms with Crippen LogP contribution in [0.5, 0.6) is 0 Å². The maximum atomic E-state index is 1.50. The average Bonchev–Trinajstić information content (AvgIpc) is 2.26. The molecule has 3 aliphatic rings. The van der Waals surface area contributed by atoms with Crippen molar-refractivity contribution < 1.29 is 0 Å². The molecule has 74 valence electrons. The Balaban J connectivity index is 0.000000147. The van der Waals surface area contributed by atoms with Gasteiger partial charge < -0.3 is 0 Å². The minimum Gasteiger partial charge on any atom is -0.0776 e. The molecule has 12 heavy (non-hydrogen) atoms. The maximum absolute atomic E-state index is 1.50. The van der Waals surface area contributed by atoms with Crippen LogP contribution in [-0.2, 0) is 0 Å². The molecule has 0 N–H and O–H groups in total. The first kappa shape index (κ1) is 12.0. The predicted molar refractivity (Wildman–Crippen MR) is 57.5 cm³/mol. The Morgan fingerprint density at radius 1 is 0.250 bits per heavy atom. The third-order valence-electron chi connectivity index (χ3n) is 2.35. The van der Waals surface area contributed by atoms with Gasteiger partial charge in [-0.25, -0.2) is 0 Å². The topological polar surface area (TPSA) is 0 Å². The van der Waals surface area contributed by atoms with Crippen molar-refractivity contribution in [3.8, 4) is 0 Å². The first-order valence-electron chi connectivity index (χ1n) is 5.50. The van der Waals surface area contributed by atoms with Crippen LogP contribution in [0.25, 0.3) is 0 Å². The lowest BCUT2D eigenvalue weighted by atomic mass is 10.0. The molecule has 0 spiro atoms. The fraction of sp³-hybridized carbons (Fsp3) is 1.00. The van der Waals surface area contributed by atoms with Crippen molar-refractivity contribution in [2.24, 2.45) is 0 Å². The fourth-order valence-corrected chi connectivity index (χ4v) is 0.500. The van der Waals surface area contributed by atoms with E-state index in [1.165, 1.54) is 70.6 Å². The van der Waals surface area contributed by atoms with Crippen LogP contribution in [0.1, 0.15) is 78.1 Å². The van der Waals surface area contributed by atoms with E-state index in [0.29, 0.717) is 0 Å². The minimum absolute atomic E-state index is 0. The smallest absolute Gasteiger partial charge is 0.0533 e. The van der Waals surface area contributed by atoms with Crippen LogP contribution in [-0.4, -0.2) is 0 Å². The summed E-state index contributed by atoms with van der Waals surface area (Å²) >= 11 is 0. The number of rotatable bonds is 0. The van der Waals surface area contributed by atoms with Crippen molar-refractivity contribution in [3.05, 3.63) is 0 Å². The number of hydrogen-bond donors (Lipinski definition) is 0. The first-order valence-corrected chi connectivity index (χ1v) is 5.50. The third kappa shape index (κ3) is 10.0.